The molecular formula is C35H38N2O4. The number of benzene rings is 4. The Labute approximate surface area is 243 Å². The number of nitrogens with zero attached hydrogens (tertiary/aromatic N) is 2. The number of carbonyl (C=O) groups is 1. The standard InChI is InChI=1S/C35H38N2O4/c1-4-37(32-14-10-7-11-15-32)34(35(38)39-5-2)26-28-16-22-33(23-17-28)40-24-25-41-36-27(3)29-18-20-31(21-19-29)30-12-8-6-9-13-30/h6-23,34H,4-5,24-26H2,1-3H3/b36-27-. The van der Waals surface area contributed by atoms with Gasteiger partial charge in [0, 0.05) is 18.7 Å². The third-order valence-electron chi connectivity index (χ3n) is 6.77. The number of rotatable bonds is 14. The van der Waals surface area contributed by atoms with E-state index in [2.05, 4.69) is 46.5 Å². The first-order valence-electron chi connectivity index (χ1n) is 14.1. The lowest BCUT2D eigenvalue weighted by atomic mass is 10.0. The fourth-order valence-electron chi connectivity index (χ4n) is 4.63. The Morgan fingerprint density at radius 1 is 0.780 bits per heavy atom. The maximum absolute atomic E-state index is 12.9. The summed E-state index contributed by atoms with van der Waals surface area (Å²) in [5.74, 6) is 0.510. The van der Waals surface area contributed by atoms with Crippen LogP contribution < -0.4 is 9.64 Å². The highest BCUT2D eigenvalue weighted by atomic mass is 16.6. The van der Waals surface area contributed by atoms with E-state index >= 15 is 0 Å². The molecule has 0 bridgehead atoms. The van der Waals surface area contributed by atoms with Crippen LogP contribution in [0.25, 0.3) is 11.1 Å². The average molecular weight is 551 g/mol. The van der Waals surface area contributed by atoms with Crippen molar-refractivity contribution in [3.8, 4) is 16.9 Å². The number of likely N-dealkylation sites (N-methyl/N-ethyl adjacent to an activating group) is 1. The summed E-state index contributed by atoms with van der Waals surface area (Å²) in [4.78, 5) is 20.5. The van der Waals surface area contributed by atoms with Crippen molar-refractivity contribution in [2.45, 2.75) is 33.2 Å². The van der Waals surface area contributed by atoms with Crippen molar-refractivity contribution in [2.75, 3.05) is 31.3 Å². The van der Waals surface area contributed by atoms with Gasteiger partial charge in [-0.05, 0) is 67.3 Å². The Kier molecular flexibility index (Phi) is 11.0. The molecule has 0 aromatic heterocycles. The van der Waals surface area contributed by atoms with Crippen LogP contribution >= 0.6 is 0 Å². The minimum absolute atomic E-state index is 0.223. The molecule has 0 radical (unpaired) electrons. The third-order valence-corrected chi connectivity index (χ3v) is 6.77. The SMILES string of the molecule is CCOC(=O)C(Cc1ccc(OCCO/N=C(/C)c2ccc(-c3ccccc3)cc2)cc1)N(CC)c1ccccc1. The fourth-order valence-corrected chi connectivity index (χ4v) is 4.63. The molecule has 0 spiro atoms. The molecule has 1 unspecified atom stereocenters. The molecule has 6 heteroatoms. The van der Waals surface area contributed by atoms with Crippen molar-refractivity contribution in [3.63, 3.8) is 0 Å². The van der Waals surface area contributed by atoms with Crippen molar-refractivity contribution in [1.29, 1.82) is 0 Å². The zero-order valence-electron chi connectivity index (χ0n) is 24.0. The summed E-state index contributed by atoms with van der Waals surface area (Å²) < 4.78 is 11.3. The molecule has 0 N–H and O–H groups in total. The Hall–Kier alpha value is -4.58. The van der Waals surface area contributed by atoms with Crippen LogP contribution in [0.4, 0.5) is 5.69 Å². The molecule has 4 rings (SSSR count). The molecule has 0 aliphatic rings. The number of hydrogen-bond acceptors (Lipinski definition) is 6. The molecule has 41 heavy (non-hydrogen) atoms. The van der Waals surface area contributed by atoms with E-state index in [0.717, 1.165) is 33.8 Å². The van der Waals surface area contributed by atoms with E-state index < -0.39 is 6.04 Å². The number of carbonyl (C=O) groups excluding carboxylic acids is 1. The zero-order valence-corrected chi connectivity index (χ0v) is 24.0. The Morgan fingerprint density at radius 2 is 1.41 bits per heavy atom. The predicted octanol–water partition coefficient (Wildman–Crippen LogP) is 7.17. The highest BCUT2D eigenvalue weighted by molar-refractivity contribution is 5.98. The van der Waals surface area contributed by atoms with Gasteiger partial charge in [-0.15, -0.1) is 0 Å². The summed E-state index contributed by atoms with van der Waals surface area (Å²) in [7, 11) is 0. The monoisotopic (exact) mass is 550 g/mol. The number of hydrogen-bond donors (Lipinski definition) is 0. The van der Waals surface area contributed by atoms with Crippen LogP contribution in [0.2, 0.25) is 0 Å². The van der Waals surface area contributed by atoms with Crippen molar-refractivity contribution >= 4 is 17.4 Å². The molecule has 0 heterocycles. The van der Waals surface area contributed by atoms with Gasteiger partial charge in [0.2, 0.25) is 0 Å². The van der Waals surface area contributed by atoms with Crippen molar-refractivity contribution < 1.29 is 19.1 Å². The van der Waals surface area contributed by atoms with Crippen LogP contribution in [0.5, 0.6) is 5.75 Å². The van der Waals surface area contributed by atoms with Gasteiger partial charge in [-0.3, -0.25) is 0 Å². The highest BCUT2D eigenvalue weighted by Crippen LogP contribution is 2.22. The van der Waals surface area contributed by atoms with Crippen molar-refractivity contribution in [1.82, 2.24) is 0 Å². The molecule has 4 aromatic rings. The molecule has 0 aliphatic heterocycles. The summed E-state index contributed by atoms with van der Waals surface area (Å²) in [6.45, 7) is 7.54. The second-order valence-electron chi connectivity index (χ2n) is 9.54. The quantitative estimate of drug-likeness (QED) is 0.0721. The molecule has 4 aromatic carbocycles. The summed E-state index contributed by atoms with van der Waals surface area (Å²) in [6, 6.07) is 35.9. The first kappa shape index (κ1) is 29.4. The molecule has 212 valence electrons. The average Bonchev–Trinajstić information content (AvgIpc) is 3.02. The second-order valence-corrected chi connectivity index (χ2v) is 9.54. The fraction of sp³-hybridized carbons (Fsp3) is 0.257. The topological polar surface area (TPSA) is 60.4 Å². The van der Waals surface area contributed by atoms with Gasteiger partial charge in [0.1, 0.15) is 18.4 Å². The van der Waals surface area contributed by atoms with E-state index in [1.165, 1.54) is 5.56 Å². The largest absolute Gasteiger partial charge is 0.490 e. The first-order chi connectivity index (χ1) is 20.1. The Morgan fingerprint density at radius 3 is 2.05 bits per heavy atom. The third kappa shape index (κ3) is 8.45. The van der Waals surface area contributed by atoms with E-state index in [0.29, 0.717) is 32.8 Å². The minimum atomic E-state index is -0.418. The first-order valence-corrected chi connectivity index (χ1v) is 14.1. The van der Waals surface area contributed by atoms with Crippen LogP contribution in [-0.4, -0.2) is 44.1 Å². The number of oxime groups is 1. The van der Waals surface area contributed by atoms with Gasteiger partial charge in [0.05, 0.1) is 12.3 Å². The zero-order chi connectivity index (χ0) is 28.9. The number of para-hydroxylation sites is 1. The smallest absolute Gasteiger partial charge is 0.329 e. The lowest BCUT2D eigenvalue weighted by molar-refractivity contribution is -0.144. The Bertz CT molecular complexity index is 1370. The van der Waals surface area contributed by atoms with Crippen molar-refractivity contribution in [3.05, 3.63) is 120 Å². The van der Waals surface area contributed by atoms with E-state index in [9.17, 15) is 4.79 Å². The highest BCUT2D eigenvalue weighted by Gasteiger charge is 2.27. The summed E-state index contributed by atoms with van der Waals surface area (Å²) in [5, 5.41) is 4.24. The molecule has 0 fully saturated rings. The summed E-state index contributed by atoms with van der Waals surface area (Å²) in [6.07, 6.45) is 0.533. The summed E-state index contributed by atoms with van der Waals surface area (Å²) >= 11 is 0. The van der Waals surface area contributed by atoms with Crippen LogP contribution in [0, 0.1) is 0 Å². The minimum Gasteiger partial charge on any atom is -0.490 e. The summed E-state index contributed by atoms with van der Waals surface area (Å²) in [5.41, 5.74) is 6.19. The molecule has 1 atom stereocenters. The lowest BCUT2D eigenvalue weighted by Crippen LogP contribution is -2.44. The van der Waals surface area contributed by atoms with Crippen LogP contribution in [0.15, 0.2) is 114 Å². The maximum atomic E-state index is 12.9. The Balaban J connectivity index is 1.27. The van der Waals surface area contributed by atoms with Crippen molar-refractivity contribution in [2.24, 2.45) is 5.16 Å². The number of esters is 1. The molecule has 0 aliphatic carbocycles. The van der Waals surface area contributed by atoms with E-state index in [1.54, 1.807) is 0 Å². The number of ether oxygens (including phenoxy) is 2. The molecular weight excluding hydrogens is 512 g/mol. The van der Waals surface area contributed by atoms with E-state index in [4.69, 9.17) is 14.3 Å². The molecule has 0 saturated carbocycles. The normalized spacial score (nSPS) is 11.9. The van der Waals surface area contributed by atoms with E-state index in [1.807, 2.05) is 93.6 Å². The van der Waals surface area contributed by atoms with Gasteiger partial charge in [-0.2, -0.15) is 0 Å². The van der Waals surface area contributed by atoms with Gasteiger partial charge in [0.25, 0.3) is 0 Å². The number of anilines is 1. The second kappa shape index (κ2) is 15.3. The van der Waals surface area contributed by atoms with Gasteiger partial charge in [-0.1, -0.05) is 90.1 Å². The predicted molar refractivity (Wildman–Crippen MR) is 166 cm³/mol. The maximum Gasteiger partial charge on any atom is 0.329 e. The van der Waals surface area contributed by atoms with Crippen LogP contribution in [-0.2, 0) is 20.8 Å². The molecule has 6 nitrogen and oxygen atoms in total. The van der Waals surface area contributed by atoms with Gasteiger partial charge in [0.15, 0.2) is 6.61 Å². The molecule has 0 amide bonds. The van der Waals surface area contributed by atoms with E-state index in [-0.39, 0.29) is 5.97 Å². The van der Waals surface area contributed by atoms with Gasteiger partial charge < -0.3 is 19.2 Å². The molecule has 0 saturated heterocycles. The van der Waals surface area contributed by atoms with Gasteiger partial charge in [-0.25, -0.2) is 4.79 Å². The van der Waals surface area contributed by atoms with Crippen LogP contribution in [0.1, 0.15) is 31.9 Å². The van der Waals surface area contributed by atoms with Crippen LogP contribution in [0.3, 0.4) is 0 Å². The lowest BCUT2D eigenvalue weighted by Gasteiger charge is -2.31. The van der Waals surface area contributed by atoms with Gasteiger partial charge >= 0.3 is 5.97 Å².